The lowest BCUT2D eigenvalue weighted by atomic mass is 9.98. The fourth-order valence-corrected chi connectivity index (χ4v) is 8.68. The van der Waals surface area contributed by atoms with Crippen molar-refractivity contribution in [2.24, 2.45) is 0 Å². The maximum Gasteiger partial charge on any atom is 0.306 e. The maximum absolute atomic E-state index is 13.0. The van der Waals surface area contributed by atoms with Crippen molar-refractivity contribution in [1.82, 2.24) is 0 Å². The molecular formula is C54H98O15. The molecule has 15 nitrogen and oxygen atoms in total. The molecule has 0 aliphatic carbocycles. The van der Waals surface area contributed by atoms with Crippen molar-refractivity contribution in [1.29, 1.82) is 0 Å². The molecule has 2 heterocycles. The minimum Gasteiger partial charge on any atom is -0.462 e. The molecule has 69 heavy (non-hydrogen) atoms. The van der Waals surface area contributed by atoms with E-state index in [-0.39, 0.29) is 19.4 Å². The number of carbonyl (C=O) groups is 2. The van der Waals surface area contributed by atoms with Gasteiger partial charge in [-0.25, -0.2) is 0 Å². The molecule has 0 spiro atoms. The van der Waals surface area contributed by atoms with Gasteiger partial charge in [-0.2, -0.15) is 0 Å². The van der Waals surface area contributed by atoms with E-state index in [0.717, 1.165) is 32.1 Å². The molecule has 15 heteroatoms. The number of aliphatic hydroxyl groups excluding tert-OH is 7. The van der Waals surface area contributed by atoms with Gasteiger partial charge < -0.3 is 64.2 Å². The Bertz CT molecular complexity index is 1300. The first-order chi connectivity index (χ1) is 33.5. The topological polar surface area (TPSA) is 231 Å². The van der Waals surface area contributed by atoms with Crippen molar-refractivity contribution in [2.45, 2.75) is 280 Å². The molecule has 404 valence electrons. The summed E-state index contributed by atoms with van der Waals surface area (Å²) in [4.78, 5) is 25.7. The summed E-state index contributed by atoms with van der Waals surface area (Å²) in [5, 5.41) is 72.1. The predicted molar refractivity (Wildman–Crippen MR) is 266 cm³/mol. The third kappa shape index (κ3) is 29.3. The Balaban J connectivity index is 1.77. The highest BCUT2D eigenvalue weighted by Gasteiger charge is 2.47. The molecule has 5 unspecified atom stereocenters. The van der Waals surface area contributed by atoms with Gasteiger partial charge in [0.1, 0.15) is 55.4 Å². The van der Waals surface area contributed by atoms with E-state index < -0.39 is 99.3 Å². The molecule has 2 aliphatic heterocycles. The highest BCUT2D eigenvalue weighted by Crippen LogP contribution is 2.27. The second kappa shape index (κ2) is 41.5. The van der Waals surface area contributed by atoms with Gasteiger partial charge in [-0.3, -0.25) is 9.59 Å². The molecule has 2 aliphatic rings. The lowest BCUT2D eigenvalue weighted by Gasteiger charge is -2.42. The van der Waals surface area contributed by atoms with Crippen LogP contribution in [0, 0.1) is 0 Å². The van der Waals surface area contributed by atoms with Crippen molar-refractivity contribution in [3.05, 3.63) is 24.3 Å². The van der Waals surface area contributed by atoms with E-state index >= 15 is 0 Å². The first-order valence-corrected chi connectivity index (χ1v) is 27.4. The largest absolute Gasteiger partial charge is 0.462 e. The Hall–Kier alpha value is -2.02. The third-order valence-corrected chi connectivity index (χ3v) is 13.2. The number of allylic oxidation sites excluding steroid dienone is 4. The monoisotopic (exact) mass is 987 g/mol. The summed E-state index contributed by atoms with van der Waals surface area (Å²) in [5.41, 5.74) is 0. The van der Waals surface area contributed by atoms with Gasteiger partial charge in [0, 0.05) is 12.8 Å². The van der Waals surface area contributed by atoms with Crippen LogP contribution in [0.4, 0.5) is 0 Å². The zero-order valence-electron chi connectivity index (χ0n) is 42.8. The maximum atomic E-state index is 13.0. The van der Waals surface area contributed by atoms with Crippen molar-refractivity contribution in [3.8, 4) is 0 Å². The van der Waals surface area contributed by atoms with Crippen LogP contribution < -0.4 is 0 Å². The fourth-order valence-electron chi connectivity index (χ4n) is 8.68. The zero-order valence-corrected chi connectivity index (χ0v) is 42.8. The minimum atomic E-state index is -1.77. The highest BCUT2D eigenvalue weighted by atomic mass is 16.7. The number of ether oxygens (including phenoxy) is 6. The van der Waals surface area contributed by atoms with Gasteiger partial charge >= 0.3 is 11.9 Å². The molecule has 0 aromatic rings. The van der Waals surface area contributed by atoms with Crippen LogP contribution in [0.3, 0.4) is 0 Å². The van der Waals surface area contributed by atoms with Gasteiger partial charge in [-0.1, -0.05) is 192 Å². The van der Waals surface area contributed by atoms with Crippen molar-refractivity contribution >= 4 is 11.9 Å². The predicted octanol–water partition coefficient (Wildman–Crippen LogP) is 8.33. The van der Waals surface area contributed by atoms with E-state index in [1.54, 1.807) is 0 Å². The van der Waals surface area contributed by atoms with Crippen LogP contribution in [0.2, 0.25) is 0 Å². The van der Waals surface area contributed by atoms with Crippen molar-refractivity contribution in [3.63, 3.8) is 0 Å². The summed E-state index contributed by atoms with van der Waals surface area (Å²) in [6.45, 7) is 2.55. The fraction of sp³-hybridized carbons (Fsp3) is 0.889. The first-order valence-electron chi connectivity index (χ1n) is 27.4. The molecule has 0 bridgehead atoms. The number of hydrogen-bond acceptors (Lipinski definition) is 15. The normalized spacial score (nSPS) is 25.7. The number of esters is 2. The van der Waals surface area contributed by atoms with Crippen molar-refractivity contribution in [2.75, 3.05) is 26.4 Å². The molecule has 0 amide bonds. The van der Waals surface area contributed by atoms with Gasteiger partial charge in [0.2, 0.25) is 0 Å². The first kappa shape index (κ1) is 63.1. The summed E-state index contributed by atoms with van der Waals surface area (Å²) in [6, 6.07) is 0. The molecule has 0 saturated carbocycles. The van der Waals surface area contributed by atoms with Crippen LogP contribution in [-0.4, -0.2) is 142 Å². The number of rotatable bonds is 43. The average Bonchev–Trinajstić information content (AvgIpc) is 3.34. The summed E-state index contributed by atoms with van der Waals surface area (Å²) < 4.78 is 33.5. The summed E-state index contributed by atoms with van der Waals surface area (Å²) in [5.74, 6) is -0.993. The highest BCUT2D eigenvalue weighted by molar-refractivity contribution is 5.70. The summed E-state index contributed by atoms with van der Waals surface area (Å²) in [7, 11) is 0. The molecule has 0 aromatic carbocycles. The van der Waals surface area contributed by atoms with E-state index in [4.69, 9.17) is 28.4 Å². The van der Waals surface area contributed by atoms with Gasteiger partial charge in [0.15, 0.2) is 18.7 Å². The Morgan fingerprint density at radius 3 is 1.41 bits per heavy atom. The van der Waals surface area contributed by atoms with Gasteiger partial charge in [-0.05, 0) is 32.1 Å². The standard InChI is InChI=1S/C54H98O15/c1-3-5-7-9-11-13-15-17-18-19-20-21-22-23-25-26-28-30-32-34-36-45(56)64-39-42(67-46(57)37-35-33-31-29-27-24-16-14-12-10-8-6-4-2)40-65-53-52(63)50(61)48(59)44(69-53)41-66-54-51(62)49(60)47(58)43(38-55)68-54/h24,27,31,33,42-44,47-55,58-63H,3-23,25-26,28-30,32,34-41H2,1-2H3/b27-24+,33-31+/t42?,43-,44-,47+,48+,49?,50?,51?,52?,53-,54-/m1/s1. The Morgan fingerprint density at radius 2 is 0.899 bits per heavy atom. The van der Waals surface area contributed by atoms with Crippen LogP contribution in [0.15, 0.2) is 24.3 Å². The average molecular weight is 987 g/mol. The molecule has 0 radical (unpaired) electrons. The van der Waals surface area contributed by atoms with E-state index in [2.05, 4.69) is 26.0 Å². The van der Waals surface area contributed by atoms with E-state index in [1.807, 2.05) is 12.2 Å². The SMILES string of the molecule is CCCCCCCC/C=C/C/C=C/CCC(=O)OC(COC(=O)CCCCCCCCCCCCCCCCCCCCCC)CO[C@@H]1O[C@H](CO[C@@H]2O[C@H](CO)[C@H](O)C(O)C2O)[C@H](O)C(O)C1O. The lowest BCUT2D eigenvalue weighted by Crippen LogP contribution is -2.61. The van der Waals surface area contributed by atoms with E-state index in [0.29, 0.717) is 12.8 Å². The van der Waals surface area contributed by atoms with Crippen molar-refractivity contribution < 1.29 is 73.8 Å². The van der Waals surface area contributed by atoms with Gasteiger partial charge in [-0.15, -0.1) is 0 Å². The van der Waals surface area contributed by atoms with Crippen LogP contribution in [0.25, 0.3) is 0 Å². The Morgan fingerprint density at radius 1 is 0.464 bits per heavy atom. The minimum absolute atomic E-state index is 0.0621. The molecule has 0 aromatic heterocycles. The number of aliphatic hydroxyl groups is 7. The van der Waals surface area contributed by atoms with Crippen LogP contribution in [0.1, 0.15) is 213 Å². The Labute approximate surface area is 415 Å². The summed E-state index contributed by atoms with van der Waals surface area (Å²) >= 11 is 0. The molecule has 7 N–H and O–H groups in total. The number of hydrogen-bond donors (Lipinski definition) is 7. The quantitative estimate of drug-likeness (QED) is 0.0173. The van der Waals surface area contributed by atoms with E-state index in [1.165, 1.54) is 141 Å². The van der Waals surface area contributed by atoms with Gasteiger partial charge in [0.25, 0.3) is 0 Å². The number of carbonyl (C=O) groups excluding carboxylic acids is 2. The molecule has 2 fully saturated rings. The number of unbranched alkanes of at least 4 members (excludes halogenated alkanes) is 25. The third-order valence-electron chi connectivity index (χ3n) is 13.2. The smallest absolute Gasteiger partial charge is 0.306 e. The zero-order chi connectivity index (χ0) is 50.3. The van der Waals surface area contributed by atoms with Crippen LogP contribution in [0.5, 0.6) is 0 Å². The molecule has 2 saturated heterocycles. The second-order valence-electron chi connectivity index (χ2n) is 19.4. The Kier molecular flexibility index (Phi) is 37.9. The molecule has 2 rings (SSSR count). The molecule has 11 atom stereocenters. The van der Waals surface area contributed by atoms with Gasteiger partial charge in [0.05, 0.1) is 19.8 Å². The second-order valence-corrected chi connectivity index (χ2v) is 19.4. The summed E-state index contributed by atoms with van der Waals surface area (Å²) in [6.07, 6.45) is 26.6. The van der Waals surface area contributed by atoms with Crippen LogP contribution >= 0.6 is 0 Å². The lowest BCUT2D eigenvalue weighted by molar-refractivity contribution is -0.332. The van der Waals surface area contributed by atoms with Crippen LogP contribution in [-0.2, 0) is 38.0 Å². The molecular weight excluding hydrogens is 889 g/mol. The van der Waals surface area contributed by atoms with E-state index in [9.17, 15) is 45.3 Å².